The summed E-state index contributed by atoms with van der Waals surface area (Å²) in [5.41, 5.74) is 17.6. The molecule has 0 aliphatic heterocycles. The molecule has 0 bridgehead atoms. The van der Waals surface area contributed by atoms with Gasteiger partial charge in [-0.25, -0.2) is 52.7 Å². The van der Waals surface area contributed by atoms with Gasteiger partial charge in [-0.2, -0.15) is 14.7 Å². The standard InChI is InChI=1S/C18H17N3O5S.C18H19N3O3S.C10H13NO4S.C8H10N2O.C7H5ClO4S.C3H9N.CH4.ClH/c1-11-3-5-13(6-4-11)16-19-17(26-20-16)14-7-9-15(10-8-14)27(24,25)21-12(2)18(22)23;1-12(2)21-25(22,23)16-10-8-15(9-11-16)18-19-17(20-24-18)14-6-4-13(3)5-7-14;1-7(2)11-16(14,15)9-5-3-8(4-6-9)10(12)13;1-6-2-4-7(5-3-6)8(9)10-11;8-13(11,12)6-3-1-5(2-4-6)7(9)10;1-3(2)4;;/h3-10,12,21H,1-2H3,(H,22,23);4-12,21H,1-3H3;3-7,11H,1-2H3,(H,12,13);2-5,11H,1H3,(H2,9,10);1-4H,(H,9,10);3H,4H2,1-2H3;1H4;1H/t12-;;;;;;;/m1......./s1. The van der Waals surface area contributed by atoms with Crippen LogP contribution in [0.25, 0.3) is 45.7 Å². The zero-order valence-electron chi connectivity index (χ0n) is 53.9. The van der Waals surface area contributed by atoms with E-state index in [1.54, 1.807) is 39.8 Å². The van der Waals surface area contributed by atoms with Gasteiger partial charge < -0.3 is 41.0 Å². The van der Waals surface area contributed by atoms with Crippen LogP contribution in [0.2, 0.25) is 0 Å². The van der Waals surface area contributed by atoms with E-state index in [-0.39, 0.29) is 74.4 Å². The van der Waals surface area contributed by atoms with Gasteiger partial charge in [-0.05, 0) is 158 Å². The topological polar surface area (TPSA) is 447 Å². The molecule has 0 saturated heterocycles. The molecule has 1 atom stereocenters. The van der Waals surface area contributed by atoms with Gasteiger partial charge in [-0.15, -0.1) is 12.4 Å². The molecule has 0 unspecified atom stereocenters. The molecule has 0 saturated carbocycles. The molecule has 98 heavy (non-hydrogen) atoms. The lowest BCUT2D eigenvalue weighted by Gasteiger charge is -2.10. The number of aliphatic carboxylic acids is 1. The first-order valence-electron chi connectivity index (χ1n) is 28.6. The highest BCUT2D eigenvalue weighted by molar-refractivity contribution is 8.13. The highest BCUT2D eigenvalue weighted by atomic mass is 35.7. The minimum absolute atomic E-state index is 0. The summed E-state index contributed by atoms with van der Waals surface area (Å²) in [6, 6.07) is 43.4. The number of carbonyl (C=O) groups is 3. The number of carboxylic acid groups (broad SMARTS) is 3. The molecule has 33 heteroatoms. The van der Waals surface area contributed by atoms with Crippen molar-refractivity contribution in [2.45, 2.75) is 120 Å². The van der Waals surface area contributed by atoms with E-state index in [4.69, 9.17) is 51.7 Å². The maximum atomic E-state index is 12.2. The molecule has 528 valence electrons. The van der Waals surface area contributed by atoms with Gasteiger partial charge in [0, 0.05) is 50.6 Å². The van der Waals surface area contributed by atoms with E-state index >= 15 is 0 Å². The van der Waals surface area contributed by atoms with Gasteiger partial charge >= 0.3 is 17.9 Å². The number of benzene rings is 7. The molecular weight excluding hydrogens is 1390 g/mol. The lowest BCUT2D eigenvalue weighted by molar-refractivity contribution is -0.138. The zero-order valence-corrected chi connectivity index (χ0v) is 58.7. The number of hydrogen-bond donors (Lipinski definition) is 9. The number of aryl methyl sites for hydroxylation is 3. The molecule has 0 radical (unpaired) electrons. The Kier molecular flexibility index (Phi) is 33.4. The van der Waals surface area contributed by atoms with Crippen molar-refractivity contribution in [3.8, 4) is 45.7 Å². The number of aromatic carboxylic acids is 2. The number of amidine groups is 1. The molecule has 0 aliphatic carbocycles. The lowest BCUT2D eigenvalue weighted by atomic mass is 10.1. The second-order valence-corrected chi connectivity index (χ2v) is 29.3. The van der Waals surface area contributed by atoms with Crippen LogP contribution in [-0.4, -0.2) is 122 Å². The van der Waals surface area contributed by atoms with E-state index in [1.165, 1.54) is 79.7 Å². The number of nitrogens with zero attached hydrogens (tertiary/aromatic N) is 5. The van der Waals surface area contributed by atoms with Gasteiger partial charge in [0.15, 0.2) is 5.84 Å². The molecule has 11 N–H and O–H groups in total. The van der Waals surface area contributed by atoms with Crippen molar-refractivity contribution in [2.75, 3.05) is 0 Å². The monoisotopic (exact) mass is 1470 g/mol. The lowest BCUT2D eigenvalue weighted by Crippen LogP contribution is -2.38. The smallest absolute Gasteiger partial charge is 0.335 e. The molecule has 2 heterocycles. The Morgan fingerprint density at radius 1 is 0.459 bits per heavy atom. The van der Waals surface area contributed by atoms with E-state index in [0.29, 0.717) is 34.7 Å². The molecule has 9 aromatic rings. The van der Waals surface area contributed by atoms with E-state index in [0.717, 1.165) is 45.5 Å². The van der Waals surface area contributed by atoms with Crippen molar-refractivity contribution < 1.29 is 77.6 Å². The predicted octanol–water partition coefficient (Wildman–Crippen LogP) is 10.7. The van der Waals surface area contributed by atoms with Crippen LogP contribution in [0.3, 0.4) is 0 Å². The Bertz CT molecular complexity index is 4520. The van der Waals surface area contributed by atoms with Gasteiger partial charge in [0.25, 0.3) is 20.8 Å². The van der Waals surface area contributed by atoms with E-state index < -0.39 is 63.1 Å². The maximum Gasteiger partial charge on any atom is 0.335 e. The Morgan fingerprint density at radius 3 is 1.00 bits per heavy atom. The highest BCUT2D eigenvalue weighted by Crippen LogP contribution is 2.26. The second kappa shape index (κ2) is 38.6. The summed E-state index contributed by atoms with van der Waals surface area (Å²) in [7, 11) is -9.76. The Morgan fingerprint density at radius 2 is 0.724 bits per heavy atom. The van der Waals surface area contributed by atoms with Crippen LogP contribution >= 0.6 is 23.1 Å². The fourth-order valence-corrected chi connectivity index (χ4v) is 11.8. The van der Waals surface area contributed by atoms with Gasteiger partial charge in [0.1, 0.15) is 6.04 Å². The maximum absolute atomic E-state index is 12.2. The normalized spacial score (nSPS) is 11.6. The van der Waals surface area contributed by atoms with E-state index in [1.807, 2.05) is 107 Å². The molecule has 2 aromatic heterocycles. The molecule has 27 nitrogen and oxygen atoms in total. The van der Waals surface area contributed by atoms with Gasteiger partial charge in [-0.1, -0.05) is 126 Å². The molecular formula is C65H78Cl2N10O17S4. The fourth-order valence-electron chi connectivity index (χ4n) is 7.30. The number of oxime groups is 1. The summed E-state index contributed by atoms with van der Waals surface area (Å²) in [6.45, 7) is 18.1. The van der Waals surface area contributed by atoms with Crippen molar-refractivity contribution >= 4 is 86.0 Å². The highest BCUT2D eigenvalue weighted by Gasteiger charge is 2.23. The summed E-state index contributed by atoms with van der Waals surface area (Å²) < 4.78 is 111. The summed E-state index contributed by atoms with van der Waals surface area (Å²) in [5, 5.41) is 45.1. The quantitative estimate of drug-likeness (QED) is 0.0127. The third kappa shape index (κ3) is 27.7. The summed E-state index contributed by atoms with van der Waals surface area (Å²) in [5.74, 6) is -1.79. The molecule has 0 spiro atoms. The molecule has 0 aliphatic rings. The molecule has 0 fully saturated rings. The van der Waals surface area contributed by atoms with Crippen molar-refractivity contribution in [1.29, 1.82) is 0 Å². The molecule has 0 amide bonds. The average molecular weight is 1470 g/mol. The number of aromatic nitrogens is 4. The first kappa shape index (κ1) is 84.8. The van der Waals surface area contributed by atoms with Crippen LogP contribution in [0.5, 0.6) is 0 Å². The van der Waals surface area contributed by atoms with Crippen molar-refractivity contribution in [3.63, 3.8) is 0 Å². The van der Waals surface area contributed by atoms with Crippen LogP contribution in [0.1, 0.15) is 98.9 Å². The Hall–Kier alpha value is -9.28. The van der Waals surface area contributed by atoms with E-state index in [9.17, 15) is 48.1 Å². The van der Waals surface area contributed by atoms with E-state index in [2.05, 4.69) is 39.6 Å². The van der Waals surface area contributed by atoms with Crippen molar-refractivity contribution in [1.82, 2.24) is 34.4 Å². The number of halogens is 2. The SMILES string of the molecule is C.CC(C)N.CC(C)NS(=O)(=O)c1ccc(C(=O)O)cc1.Cc1ccc(-c2noc(-c3ccc(S(=O)(=O)NC(C)C)cc3)n2)cc1.Cc1ccc(-c2noc(-c3ccc(S(=O)(=O)N[C@H](C)C(=O)O)cc3)n2)cc1.Cc1ccc(/C(N)=N/O)cc1.Cl.O=C(O)c1ccc(S(=O)(=O)Cl)cc1. The molecule has 9 rings (SSSR count). The Balaban J connectivity index is 0.000000424. The minimum Gasteiger partial charge on any atom is -0.480 e. The number of nitrogens with one attached hydrogen (secondary N) is 3. The fraction of sp³-hybridized carbons (Fsp3) is 0.231. The molecule has 7 aromatic carbocycles. The van der Waals surface area contributed by atoms with Crippen LogP contribution in [0, 0.1) is 20.8 Å². The van der Waals surface area contributed by atoms with Crippen LogP contribution < -0.4 is 25.6 Å². The average Bonchev–Trinajstić information content (AvgIpc) is 1.46. The summed E-state index contributed by atoms with van der Waals surface area (Å²) >= 11 is 0. The number of sulfonamides is 3. The summed E-state index contributed by atoms with van der Waals surface area (Å²) in [4.78, 5) is 40.6. The van der Waals surface area contributed by atoms with Gasteiger partial charge in [0.05, 0.1) is 30.7 Å². The first-order chi connectivity index (χ1) is 44.8. The Labute approximate surface area is 580 Å². The second-order valence-electron chi connectivity index (χ2n) is 21.6. The van der Waals surface area contributed by atoms with Crippen molar-refractivity contribution in [2.24, 2.45) is 16.6 Å². The number of nitrogens with two attached hydrogens (primary N) is 2. The largest absolute Gasteiger partial charge is 0.480 e. The van der Waals surface area contributed by atoms with Crippen LogP contribution in [-0.2, 0) is 43.9 Å². The predicted molar refractivity (Wildman–Crippen MR) is 375 cm³/mol. The minimum atomic E-state index is -3.94. The third-order valence-electron chi connectivity index (χ3n) is 12.0. The zero-order chi connectivity index (χ0) is 71.9. The summed E-state index contributed by atoms with van der Waals surface area (Å²) in [6.07, 6.45) is 0. The number of rotatable bonds is 18. The van der Waals surface area contributed by atoms with Gasteiger partial charge in [0.2, 0.25) is 41.7 Å². The van der Waals surface area contributed by atoms with Crippen LogP contribution in [0.4, 0.5) is 0 Å². The number of carboxylic acids is 3. The third-order valence-corrected chi connectivity index (χ3v) is 18.3. The first-order valence-corrected chi connectivity index (χ1v) is 35.3. The number of hydrogen-bond acceptors (Lipinski definition) is 20. The van der Waals surface area contributed by atoms with Gasteiger partial charge in [-0.3, -0.25) is 4.79 Å². The van der Waals surface area contributed by atoms with Crippen molar-refractivity contribution in [3.05, 3.63) is 203 Å². The van der Waals surface area contributed by atoms with Crippen LogP contribution in [0.15, 0.2) is 204 Å².